The zero-order chi connectivity index (χ0) is 17.4. The molecular formula is C16H27N3O5. The molecule has 3 heterocycles. The first kappa shape index (κ1) is 17.5. The monoisotopic (exact) mass is 341 g/mol. The third-order valence-electron chi connectivity index (χ3n) is 4.38. The average Bonchev–Trinajstić information content (AvgIpc) is 3.05. The zero-order valence-electron chi connectivity index (χ0n) is 14.8. The van der Waals surface area contributed by atoms with E-state index >= 15 is 0 Å². The second-order valence-corrected chi connectivity index (χ2v) is 7.19. The van der Waals surface area contributed by atoms with Gasteiger partial charge in [0, 0.05) is 12.4 Å². The maximum atomic E-state index is 13.0. The molecule has 0 saturated carbocycles. The van der Waals surface area contributed by atoms with Crippen LogP contribution in [0, 0.1) is 0 Å². The van der Waals surface area contributed by atoms with Crippen molar-refractivity contribution in [3.05, 3.63) is 12.4 Å². The summed E-state index contributed by atoms with van der Waals surface area (Å²) in [4.78, 5) is 16.4. The van der Waals surface area contributed by atoms with Gasteiger partial charge in [-0.2, -0.15) is 0 Å². The van der Waals surface area contributed by atoms with Gasteiger partial charge >= 0.3 is 6.03 Å². The molecule has 24 heavy (non-hydrogen) atoms. The highest BCUT2D eigenvalue weighted by molar-refractivity contribution is 5.76. The van der Waals surface area contributed by atoms with Crippen LogP contribution in [-0.2, 0) is 18.9 Å². The highest BCUT2D eigenvalue weighted by Gasteiger charge is 2.41. The highest BCUT2D eigenvalue weighted by atomic mass is 16.7. The van der Waals surface area contributed by atoms with Gasteiger partial charge in [0.05, 0.1) is 45.2 Å². The first-order valence-electron chi connectivity index (χ1n) is 8.32. The van der Waals surface area contributed by atoms with Crippen molar-refractivity contribution >= 4 is 6.03 Å². The van der Waals surface area contributed by atoms with Crippen molar-refractivity contribution in [2.45, 2.75) is 51.4 Å². The van der Waals surface area contributed by atoms with Gasteiger partial charge in [0.25, 0.3) is 0 Å². The van der Waals surface area contributed by atoms with Crippen molar-refractivity contribution in [3.8, 4) is 0 Å². The Kier molecular flexibility index (Phi) is 4.74. The molecule has 3 rings (SSSR count). The zero-order valence-corrected chi connectivity index (χ0v) is 14.8. The summed E-state index contributed by atoms with van der Waals surface area (Å²) in [6.45, 7) is 9.63. The second-order valence-electron chi connectivity index (χ2n) is 7.19. The first-order chi connectivity index (χ1) is 11.3. The molecule has 0 aromatic carbocycles. The fraction of sp³-hybridized carbons (Fsp3) is 0.812. The topological polar surface area (TPSA) is 72.5 Å². The van der Waals surface area contributed by atoms with E-state index < -0.39 is 11.6 Å². The van der Waals surface area contributed by atoms with Crippen molar-refractivity contribution in [2.24, 2.45) is 0 Å². The van der Waals surface area contributed by atoms with Gasteiger partial charge in [0.1, 0.15) is 0 Å². The lowest BCUT2D eigenvalue weighted by molar-refractivity contribution is -0.282. The lowest BCUT2D eigenvalue weighted by atomic mass is 10.1. The third-order valence-corrected chi connectivity index (χ3v) is 4.38. The third kappa shape index (κ3) is 3.83. The smallest absolute Gasteiger partial charge is 0.326 e. The van der Waals surface area contributed by atoms with Gasteiger partial charge in [-0.1, -0.05) is 0 Å². The largest absolute Gasteiger partial charge is 0.372 e. The Morgan fingerprint density at radius 2 is 1.46 bits per heavy atom. The molecule has 0 aromatic heterocycles. The van der Waals surface area contributed by atoms with Gasteiger partial charge in [-0.3, -0.25) is 4.90 Å². The molecule has 2 fully saturated rings. The number of hydrogen-bond donors (Lipinski definition) is 1. The van der Waals surface area contributed by atoms with Crippen LogP contribution in [0.25, 0.3) is 0 Å². The van der Waals surface area contributed by atoms with E-state index in [9.17, 15) is 4.79 Å². The standard InChI is InChI=1S/C16H27N3O5/c1-15(2)21-7-12(8-22-15)19(14(20)18-6-5-17-11-18)13-9-23-16(3,4)24-10-13/h5-6,12-13,17H,7-11H2,1-4H3. The Balaban J connectivity index is 1.74. The molecule has 1 N–H and O–H groups in total. The van der Waals surface area contributed by atoms with Crippen LogP contribution in [0.2, 0.25) is 0 Å². The number of nitrogens with zero attached hydrogens (tertiary/aromatic N) is 2. The molecule has 0 aliphatic carbocycles. The van der Waals surface area contributed by atoms with E-state index in [1.807, 2.05) is 27.7 Å². The van der Waals surface area contributed by atoms with E-state index in [-0.39, 0.29) is 18.1 Å². The molecule has 3 aliphatic heterocycles. The average molecular weight is 341 g/mol. The summed E-state index contributed by atoms with van der Waals surface area (Å²) in [5.74, 6) is -1.25. The molecule has 8 heteroatoms. The van der Waals surface area contributed by atoms with Crippen LogP contribution in [-0.4, -0.2) is 72.6 Å². The number of hydrogen-bond acceptors (Lipinski definition) is 6. The van der Waals surface area contributed by atoms with Crippen molar-refractivity contribution < 1.29 is 23.7 Å². The molecule has 0 unspecified atom stereocenters. The number of nitrogens with one attached hydrogen (secondary N) is 1. The second kappa shape index (κ2) is 6.51. The van der Waals surface area contributed by atoms with Crippen LogP contribution in [0.15, 0.2) is 12.4 Å². The number of carbonyl (C=O) groups excluding carboxylic acids is 1. The molecule has 136 valence electrons. The highest BCUT2D eigenvalue weighted by Crippen LogP contribution is 2.26. The van der Waals surface area contributed by atoms with Crippen LogP contribution in [0.4, 0.5) is 4.79 Å². The summed E-state index contributed by atoms with van der Waals surface area (Å²) in [6, 6.07) is -0.471. The van der Waals surface area contributed by atoms with Gasteiger partial charge in [-0.15, -0.1) is 0 Å². The van der Waals surface area contributed by atoms with Crippen molar-refractivity contribution in [1.29, 1.82) is 0 Å². The Morgan fingerprint density at radius 3 is 1.83 bits per heavy atom. The van der Waals surface area contributed by atoms with E-state index in [2.05, 4.69) is 5.32 Å². The SMILES string of the molecule is CC1(C)OCC(N(C(=O)N2C=CNC2)C2COC(C)(C)OC2)CO1. The van der Waals surface area contributed by atoms with Gasteiger partial charge in [0.15, 0.2) is 11.6 Å². The van der Waals surface area contributed by atoms with E-state index in [4.69, 9.17) is 18.9 Å². The molecule has 0 radical (unpaired) electrons. The van der Waals surface area contributed by atoms with Crippen LogP contribution in [0.3, 0.4) is 0 Å². The van der Waals surface area contributed by atoms with E-state index in [0.29, 0.717) is 33.1 Å². The summed E-state index contributed by atoms with van der Waals surface area (Å²) in [5.41, 5.74) is 0. The Labute approximate surface area is 142 Å². The van der Waals surface area contributed by atoms with Crippen LogP contribution >= 0.6 is 0 Å². The number of carbonyl (C=O) groups is 1. The number of rotatable bonds is 2. The Morgan fingerprint density at radius 1 is 1.00 bits per heavy atom. The predicted molar refractivity (Wildman–Crippen MR) is 85.8 cm³/mol. The summed E-state index contributed by atoms with van der Waals surface area (Å²) in [6.07, 6.45) is 3.49. The van der Waals surface area contributed by atoms with Crippen molar-refractivity contribution in [3.63, 3.8) is 0 Å². The van der Waals surface area contributed by atoms with Gasteiger partial charge < -0.3 is 29.2 Å². The molecule has 0 aromatic rings. The van der Waals surface area contributed by atoms with Crippen molar-refractivity contribution in [2.75, 3.05) is 33.1 Å². The van der Waals surface area contributed by atoms with E-state index in [1.165, 1.54) is 0 Å². The van der Waals surface area contributed by atoms with E-state index in [1.54, 1.807) is 22.2 Å². The van der Waals surface area contributed by atoms with Crippen LogP contribution in [0.1, 0.15) is 27.7 Å². The lowest BCUT2D eigenvalue weighted by Crippen LogP contribution is -2.62. The van der Waals surface area contributed by atoms with Gasteiger partial charge in [-0.05, 0) is 27.7 Å². The molecule has 0 spiro atoms. The fourth-order valence-electron chi connectivity index (χ4n) is 2.92. The molecule has 3 aliphatic rings. The summed E-state index contributed by atoms with van der Waals surface area (Å²) >= 11 is 0. The minimum absolute atomic E-state index is 0.106. The fourth-order valence-corrected chi connectivity index (χ4v) is 2.92. The maximum absolute atomic E-state index is 13.0. The molecular weight excluding hydrogens is 314 g/mol. The molecule has 2 saturated heterocycles. The summed E-state index contributed by atoms with van der Waals surface area (Å²) in [5, 5.41) is 3.01. The van der Waals surface area contributed by atoms with Gasteiger partial charge in [-0.25, -0.2) is 4.79 Å². The summed E-state index contributed by atoms with van der Waals surface area (Å²) < 4.78 is 23.0. The lowest BCUT2D eigenvalue weighted by Gasteiger charge is -2.46. The quantitative estimate of drug-likeness (QED) is 0.809. The number of urea groups is 1. The normalized spacial score (nSPS) is 27.1. The summed E-state index contributed by atoms with van der Waals surface area (Å²) in [7, 11) is 0. The minimum Gasteiger partial charge on any atom is -0.372 e. The van der Waals surface area contributed by atoms with Crippen LogP contribution < -0.4 is 5.32 Å². The molecule has 2 amide bonds. The number of amides is 2. The first-order valence-corrected chi connectivity index (χ1v) is 8.32. The van der Waals surface area contributed by atoms with Crippen LogP contribution in [0.5, 0.6) is 0 Å². The molecule has 8 nitrogen and oxygen atoms in total. The van der Waals surface area contributed by atoms with Gasteiger partial charge in [0.2, 0.25) is 0 Å². The maximum Gasteiger partial charge on any atom is 0.326 e. The number of ether oxygens (including phenoxy) is 4. The van der Waals surface area contributed by atoms with E-state index in [0.717, 1.165) is 0 Å². The minimum atomic E-state index is -0.623. The van der Waals surface area contributed by atoms with Crippen molar-refractivity contribution in [1.82, 2.24) is 15.1 Å². The molecule has 0 atom stereocenters. The Hall–Kier alpha value is -1.35. The molecule has 0 bridgehead atoms. The Bertz CT molecular complexity index is 460. The predicted octanol–water partition coefficient (Wildman–Crippen LogP) is 1.05.